The van der Waals surface area contributed by atoms with E-state index in [0.29, 0.717) is 29.8 Å². The number of oxazole rings is 1. The summed E-state index contributed by atoms with van der Waals surface area (Å²) in [5, 5.41) is 3.04. The molecule has 0 atom stereocenters. The summed E-state index contributed by atoms with van der Waals surface area (Å²) in [5.74, 6) is -0.609. The highest BCUT2D eigenvalue weighted by atomic mass is 19.1. The zero-order chi connectivity index (χ0) is 21.7. The Kier molecular flexibility index (Phi) is 6.56. The molecule has 30 heavy (non-hydrogen) atoms. The van der Waals surface area contributed by atoms with Gasteiger partial charge in [-0.25, -0.2) is 9.18 Å². The van der Waals surface area contributed by atoms with Crippen LogP contribution in [0.15, 0.2) is 57.9 Å². The number of allylic oxidation sites excluding steroid dienone is 1. The van der Waals surface area contributed by atoms with Crippen LogP contribution in [0.5, 0.6) is 0 Å². The fraction of sp³-hybridized carbons (Fsp3) is 0.273. The quantitative estimate of drug-likeness (QED) is 0.641. The van der Waals surface area contributed by atoms with E-state index in [0.717, 1.165) is 36.6 Å². The number of rotatable bonds is 4. The van der Waals surface area contributed by atoms with Crippen LogP contribution >= 0.6 is 0 Å². The number of carbonyl (C=O) groups is 1. The van der Waals surface area contributed by atoms with Crippen molar-refractivity contribution in [2.75, 3.05) is 36.4 Å². The molecular formula is C22H25FN4O3. The Morgan fingerprint density at radius 3 is 2.57 bits per heavy atom. The lowest BCUT2D eigenvalue weighted by atomic mass is 10.2. The maximum absolute atomic E-state index is 13.4. The minimum absolute atomic E-state index is 0.171. The lowest BCUT2D eigenvalue weighted by molar-refractivity contribution is -0.118. The summed E-state index contributed by atoms with van der Waals surface area (Å²) in [6.45, 7) is 10.3. The summed E-state index contributed by atoms with van der Waals surface area (Å²) in [4.78, 5) is 27.8. The van der Waals surface area contributed by atoms with Gasteiger partial charge in [0.1, 0.15) is 5.82 Å². The molecule has 1 amide bonds. The molecule has 2 heterocycles. The third-order valence-corrected chi connectivity index (χ3v) is 4.76. The number of aryl methyl sites for hydroxylation is 1. The molecule has 0 spiro atoms. The second kappa shape index (κ2) is 9.30. The summed E-state index contributed by atoms with van der Waals surface area (Å²) in [7, 11) is 0. The normalized spacial score (nSPS) is 13.6. The molecule has 0 unspecified atom stereocenters. The minimum atomic E-state index is -0.438. The molecule has 2 N–H and O–H groups in total. The molecule has 0 aliphatic carbocycles. The lowest BCUT2D eigenvalue weighted by Crippen LogP contribution is -2.45. The Labute approximate surface area is 173 Å². The van der Waals surface area contributed by atoms with Crippen LogP contribution in [-0.2, 0) is 4.79 Å². The smallest absolute Gasteiger partial charge is 0.408 e. The van der Waals surface area contributed by atoms with Crippen LogP contribution in [0.3, 0.4) is 0 Å². The Bertz CT molecular complexity index is 1100. The van der Waals surface area contributed by atoms with Crippen molar-refractivity contribution < 1.29 is 13.6 Å². The van der Waals surface area contributed by atoms with Gasteiger partial charge in [0.2, 0.25) is 6.41 Å². The zero-order valence-electron chi connectivity index (χ0n) is 17.1. The van der Waals surface area contributed by atoms with Crippen molar-refractivity contribution in [1.82, 2.24) is 9.88 Å². The molecule has 1 saturated heterocycles. The number of anilines is 2. The number of aromatic nitrogens is 1. The summed E-state index contributed by atoms with van der Waals surface area (Å²) in [6.07, 6.45) is 0.868. The Hall–Kier alpha value is -3.55. The van der Waals surface area contributed by atoms with Crippen molar-refractivity contribution in [2.45, 2.75) is 13.8 Å². The van der Waals surface area contributed by atoms with Crippen molar-refractivity contribution in [3.8, 4) is 0 Å². The van der Waals surface area contributed by atoms with Gasteiger partial charge in [-0.1, -0.05) is 12.6 Å². The van der Waals surface area contributed by atoms with Crippen molar-refractivity contribution in [1.29, 1.82) is 0 Å². The van der Waals surface area contributed by atoms with Gasteiger partial charge in [0.25, 0.3) is 0 Å². The van der Waals surface area contributed by atoms with Crippen LogP contribution < -0.4 is 16.0 Å². The van der Waals surface area contributed by atoms with Crippen molar-refractivity contribution in [2.24, 2.45) is 0 Å². The second-order valence-electron chi connectivity index (χ2n) is 7.19. The van der Waals surface area contributed by atoms with Gasteiger partial charge in [-0.15, -0.1) is 0 Å². The van der Waals surface area contributed by atoms with Gasteiger partial charge in [0, 0.05) is 49.3 Å². The third kappa shape index (κ3) is 5.28. The van der Waals surface area contributed by atoms with E-state index < -0.39 is 5.76 Å². The van der Waals surface area contributed by atoms with Crippen molar-refractivity contribution in [3.05, 3.63) is 70.6 Å². The monoisotopic (exact) mass is 412 g/mol. The molecular weight excluding hydrogens is 387 g/mol. The average molecular weight is 412 g/mol. The number of piperazine rings is 1. The number of carbonyl (C=O) groups excluding carboxylic acids is 1. The number of nitrogens with zero attached hydrogens (tertiary/aromatic N) is 2. The molecule has 8 heteroatoms. The molecule has 0 radical (unpaired) electrons. The van der Waals surface area contributed by atoms with Crippen LogP contribution in [0.1, 0.15) is 12.5 Å². The van der Waals surface area contributed by atoms with Gasteiger partial charge < -0.3 is 19.5 Å². The first kappa shape index (κ1) is 21.2. The minimum Gasteiger partial charge on any atom is -0.408 e. The lowest BCUT2D eigenvalue weighted by Gasteiger charge is -2.34. The first-order valence-corrected chi connectivity index (χ1v) is 9.61. The van der Waals surface area contributed by atoms with Gasteiger partial charge in [0.05, 0.1) is 5.52 Å². The molecule has 158 valence electrons. The first-order valence-electron chi connectivity index (χ1n) is 9.61. The molecule has 7 nitrogen and oxygen atoms in total. The maximum atomic E-state index is 13.4. The number of nitrogens with one attached hydrogen (secondary N) is 2. The van der Waals surface area contributed by atoms with Gasteiger partial charge in [-0.2, -0.15) is 0 Å². The number of hydrogen-bond donors (Lipinski definition) is 2. The molecule has 0 bridgehead atoms. The number of fused-ring (bicyclic) bond motifs is 1. The summed E-state index contributed by atoms with van der Waals surface area (Å²) in [5.41, 5.74) is 4.49. The average Bonchev–Trinajstić information content (AvgIpc) is 3.09. The highest BCUT2D eigenvalue weighted by Gasteiger charge is 2.16. The summed E-state index contributed by atoms with van der Waals surface area (Å²) < 4.78 is 18.3. The van der Waals surface area contributed by atoms with E-state index in [9.17, 15) is 14.0 Å². The zero-order valence-corrected chi connectivity index (χ0v) is 17.1. The molecule has 4 rings (SSSR count). The fourth-order valence-corrected chi connectivity index (χ4v) is 3.13. The number of halogens is 1. The fourth-order valence-electron chi connectivity index (χ4n) is 3.13. The van der Waals surface area contributed by atoms with Gasteiger partial charge in [-0.05, 0) is 43.7 Å². The standard InChI is InChI=1S/C12H15FN2O.C10H10N2O2/c1-10-2-3-11(8-12(10)13)15-6-4-14(9-16)5-7-15;1-6(2)11-7-3-4-8-9(5-7)14-10(13)12-8/h2-3,8-9H,4-7H2,1H3;3-5,11H,1H2,2H3,(H,12,13). The van der Waals surface area contributed by atoms with E-state index in [4.69, 9.17) is 4.42 Å². The predicted molar refractivity (Wildman–Crippen MR) is 116 cm³/mol. The third-order valence-electron chi connectivity index (χ3n) is 4.76. The number of hydrogen-bond acceptors (Lipinski definition) is 5. The van der Waals surface area contributed by atoms with E-state index in [-0.39, 0.29) is 5.82 Å². The summed E-state index contributed by atoms with van der Waals surface area (Å²) >= 11 is 0. The van der Waals surface area contributed by atoms with E-state index in [1.807, 2.05) is 19.1 Å². The number of amides is 1. The molecule has 1 aliphatic rings. The SMILES string of the molecule is C=C(C)Nc1ccc2[nH]c(=O)oc2c1.Cc1ccc(N2CCN(C=O)CC2)cc1F. The largest absolute Gasteiger partial charge is 0.417 e. The molecule has 0 saturated carbocycles. The van der Waals surface area contributed by atoms with Gasteiger partial charge >= 0.3 is 5.76 Å². The van der Waals surface area contributed by atoms with Crippen LogP contribution in [-0.4, -0.2) is 42.5 Å². The van der Waals surface area contributed by atoms with E-state index in [1.54, 1.807) is 36.1 Å². The van der Waals surface area contributed by atoms with Crippen molar-refractivity contribution >= 4 is 28.9 Å². The molecule has 1 aliphatic heterocycles. The van der Waals surface area contributed by atoms with Crippen LogP contribution in [0.4, 0.5) is 15.8 Å². The Morgan fingerprint density at radius 1 is 1.20 bits per heavy atom. The van der Waals surface area contributed by atoms with E-state index >= 15 is 0 Å². The van der Waals surface area contributed by atoms with E-state index in [2.05, 4.69) is 21.8 Å². The molecule has 2 aromatic carbocycles. The Morgan fingerprint density at radius 2 is 1.93 bits per heavy atom. The maximum Gasteiger partial charge on any atom is 0.417 e. The van der Waals surface area contributed by atoms with E-state index in [1.165, 1.54) is 0 Å². The number of H-pyrrole nitrogens is 1. The molecule has 3 aromatic rings. The van der Waals surface area contributed by atoms with Crippen molar-refractivity contribution in [3.63, 3.8) is 0 Å². The van der Waals surface area contributed by atoms with Gasteiger partial charge in [0.15, 0.2) is 5.58 Å². The highest BCUT2D eigenvalue weighted by molar-refractivity contribution is 5.77. The second-order valence-corrected chi connectivity index (χ2v) is 7.19. The van der Waals surface area contributed by atoms with Crippen LogP contribution in [0.25, 0.3) is 11.1 Å². The summed E-state index contributed by atoms with van der Waals surface area (Å²) in [6, 6.07) is 10.7. The topological polar surface area (TPSA) is 81.6 Å². The first-order chi connectivity index (χ1) is 14.4. The van der Waals surface area contributed by atoms with Crippen LogP contribution in [0, 0.1) is 12.7 Å². The highest BCUT2D eigenvalue weighted by Crippen LogP contribution is 2.19. The number of aromatic amines is 1. The predicted octanol–water partition coefficient (Wildman–Crippen LogP) is 3.48. The number of benzene rings is 2. The Balaban J connectivity index is 0.000000172. The van der Waals surface area contributed by atoms with Crippen LogP contribution in [0.2, 0.25) is 0 Å². The van der Waals surface area contributed by atoms with Gasteiger partial charge in [-0.3, -0.25) is 9.78 Å². The molecule has 1 aromatic heterocycles. The molecule has 1 fully saturated rings.